The van der Waals surface area contributed by atoms with Crippen LogP contribution in [0.4, 0.5) is 8.78 Å². The molecule has 5 rings (SSSR count). The maximum absolute atomic E-state index is 13.6. The van der Waals surface area contributed by atoms with Gasteiger partial charge in [-0.25, -0.2) is 0 Å². The standard InChI is InChI=1S/C17H10F2N.C11H8N.Ir/c18-14-7-8-15(16(19)10-14)17-9-6-13(11-20-17)12-4-2-1-3-5-12;1-2-6-10(7-3-1)11-8-4-5-9-12-11;/h1-7,9-11H;1-6,8-9H;/q2*-1;. The molecule has 5 heteroatoms. The third kappa shape index (κ3) is 6.48. The van der Waals surface area contributed by atoms with Crippen LogP contribution in [0, 0.1) is 23.8 Å². The number of aromatic nitrogens is 2. The maximum atomic E-state index is 13.6. The molecule has 0 unspecified atom stereocenters. The van der Waals surface area contributed by atoms with Gasteiger partial charge in [-0.15, -0.1) is 48.0 Å². The van der Waals surface area contributed by atoms with Gasteiger partial charge in [0, 0.05) is 44.1 Å². The summed E-state index contributed by atoms with van der Waals surface area (Å²) in [6.07, 6.45) is 3.46. The van der Waals surface area contributed by atoms with Gasteiger partial charge in [-0.05, 0) is 28.6 Å². The molecule has 0 fully saturated rings. The summed E-state index contributed by atoms with van der Waals surface area (Å²) in [5.41, 5.74) is 4.59. The van der Waals surface area contributed by atoms with E-state index in [0.717, 1.165) is 34.5 Å². The van der Waals surface area contributed by atoms with Crippen LogP contribution < -0.4 is 0 Å². The van der Waals surface area contributed by atoms with E-state index in [2.05, 4.69) is 22.1 Å². The van der Waals surface area contributed by atoms with E-state index >= 15 is 0 Å². The molecular formula is C28H18F2IrN2-2. The van der Waals surface area contributed by atoms with E-state index in [-0.39, 0.29) is 25.7 Å². The van der Waals surface area contributed by atoms with Crippen molar-refractivity contribution in [2.45, 2.75) is 0 Å². The van der Waals surface area contributed by atoms with Crippen molar-refractivity contribution in [2.75, 3.05) is 0 Å². The van der Waals surface area contributed by atoms with E-state index in [4.69, 9.17) is 0 Å². The van der Waals surface area contributed by atoms with Crippen molar-refractivity contribution in [1.82, 2.24) is 9.97 Å². The number of hydrogen-bond acceptors (Lipinski definition) is 2. The molecule has 165 valence electrons. The van der Waals surface area contributed by atoms with Crippen LogP contribution in [-0.4, -0.2) is 9.97 Å². The van der Waals surface area contributed by atoms with Gasteiger partial charge in [0.05, 0.1) is 0 Å². The van der Waals surface area contributed by atoms with E-state index in [0.29, 0.717) is 5.69 Å². The van der Waals surface area contributed by atoms with Gasteiger partial charge in [0.1, 0.15) is 0 Å². The summed E-state index contributed by atoms with van der Waals surface area (Å²) < 4.78 is 26.5. The van der Waals surface area contributed by atoms with Gasteiger partial charge in [-0.2, -0.15) is 0 Å². The average molecular weight is 613 g/mol. The molecule has 0 amide bonds. The van der Waals surface area contributed by atoms with Gasteiger partial charge in [0.2, 0.25) is 0 Å². The van der Waals surface area contributed by atoms with Crippen LogP contribution in [0.2, 0.25) is 0 Å². The second-order valence-electron chi connectivity index (χ2n) is 6.83. The number of halogens is 2. The van der Waals surface area contributed by atoms with Gasteiger partial charge < -0.3 is 9.97 Å². The average Bonchev–Trinajstić information content (AvgIpc) is 2.86. The van der Waals surface area contributed by atoms with Crippen molar-refractivity contribution in [3.8, 4) is 33.6 Å². The van der Waals surface area contributed by atoms with Gasteiger partial charge in [0.15, 0.2) is 0 Å². The van der Waals surface area contributed by atoms with Crippen molar-refractivity contribution < 1.29 is 28.9 Å². The first-order valence-electron chi connectivity index (χ1n) is 9.97. The van der Waals surface area contributed by atoms with E-state index in [1.54, 1.807) is 18.5 Å². The van der Waals surface area contributed by atoms with Crippen LogP contribution in [-0.2, 0) is 20.1 Å². The van der Waals surface area contributed by atoms with Crippen molar-refractivity contribution >= 4 is 0 Å². The molecule has 0 aliphatic carbocycles. The molecule has 5 aromatic rings. The zero-order chi connectivity index (χ0) is 22.2. The fourth-order valence-electron chi connectivity index (χ4n) is 3.06. The summed E-state index contributed by atoms with van der Waals surface area (Å²) >= 11 is 0. The SMILES string of the molecule is Fc1c[c-]c(-c2ccc(-c3ccccc3)cn2)c(F)c1.[Ir].[c-]1ccccc1-c1ccccn1. The normalized spacial score (nSPS) is 9.88. The Hall–Kier alpha value is -3.53. The smallest absolute Gasteiger partial charge is 0.0408 e. The summed E-state index contributed by atoms with van der Waals surface area (Å²) in [6, 6.07) is 34.6. The Morgan fingerprint density at radius 1 is 0.667 bits per heavy atom. The quantitative estimate of drug-likeness (QED) is 0.204. The third-order valence-electron chi connectivity index (χ3n) is 4.63. The fraction of sp³-hybridized carbons (Fsp3) is 0. The Bertz CT molecular complexity index is 1230. The van der Waals surface area contributed by atoms with Crippen LogP contribution in [0.3, 0.4) is 0 Å². The summed E-state index contributed by atoms with van der Waals surface area (Å²) in [5, 5.41) is 0. The maximum Gasteiger partial charge on any atom is 0.0408 e. The molecule has 3 aromatic carbocycles. The molecule has 0 N–H and O–H groups in total. The number of hydrogen-bond donors (Lipinski definition) is 0. The van der Waals surface area contributed by atoms with Gasteiger partial charge >= 0.3 is 0 Å². The molecule has 0 bridgehead atoms. The predicted octanol–water partition coefficient (Wildman–Crippen LogP) is 7.04. The van der Waals surface area contributed by atoms with Gasteiger partial charge in [0.25, 0.3) is 0 Å². The monoisotopic (exact) mass is 613 g/mol. The Labute approximate surface area is 205 Å². The fourth-order valence-corrected chi connectivity index (χ4v) is 3.06. The molecule has 2 heterocycles. The molecule has 0 saturated heterocycles. The van der Waals surface area contributed by atoms with Crippen LogP contribution >= 0.6 is 0 Å². The van der Waals surface area contributed by atoms with Crippen molar-refractivity contribution in [3.63, 3.8) is 0 Å². The summed E-state index contributed by atoms with van der Waals surface area (Å²) in [6.45, 7) is 0. The van der Waals surface area contributed by atoms with E-state index in [9.17, 15) is 8.78 Å². The Morgan fingerprint density at radius 3 is 2.09 bits per heavy atom. The predicted molar refractivity (Wildman–Crippen MR) is 122 cm³/mol. The Kier molecular flexibility index (Phi) is 8.70. The van der Waals surface area contributed by atoms with E-state index < -0.39 is 11.6 Å². The minimum atomic E-state index is -0.662. The summed E-state index contributed by atoms with van der Waals surface area (Å²) in [4.78, 5) is 8.44. The van der Waals surface area contributed by atoms with Crippen LogP contribution in [0.25, 0.3) is 33.6 Å². The summed E-state index contributed by atoms with van der Waals surface area (Å²) in [5.74, 6) is -1.31. The number of benzene rings is 3. The molecule has 0 saturated carbocycles. The first-order valence-corrected chi connectivity index (χ1v) is 9.97. The van der Waals surface area contributed by atoms with Gasteiger partial charge in [-0.1, -0.05) is 66.2 Å². The molecule has 0 spiro atoms. The molecule has 33 heavy (non-hydrogen) atoms. The molecule has 0 aliphatic rings. The Morgan fingerprint density at radius 2 is 1.45 bits per heavy atom. The van der Waals surface area contributed by atoms with Crippen molar-refractivity contribution in [3.05, 3.63) is 133 Å². The Balaban J connectivity index is 0.000000202. The zero-order valence-electron chi connectivity index (χ0n) is 17.4. The second-order valence-corrected chi connectivity index (χ2v) is 6.83. The van der Waals surface area contributed by atoms with Crippen molar-refractivity contribution in [1.29, 1.82) is 0 Å². The topological polar surface area (TPSA) is 25.8 Å². The largest absolute Gasteiger partial charge is 0.305 e. The molecule has 0 atom stereocenters. The van der Waals surface area contributed by atoms with Crippen LogP contribution in [0.1, 0.15) is 0 Å². The number of nitrogens with zero attached hydrogens (tertiary/aromatic N) is 2. The molecule has 2 nitrogen and oxygen atoms in total. The van der Waals surface area contributed by atoms with E-state index in [1.807, 2.05) is 78.9 Å². The second kappa shape index (κ2) is 11.9. The summed E-state index contributed by atoms with van der Waals surface area (Å²) in [7, 11) is 0. The third-order valence-corrected chi connectivity index (χ3v) is 4.63. The molecule has 2 aromatic heterocycles. The first-order chi connectivity index (χ1) is 15.7. The van der Waals surface area contributed by atoms with Gasteiger partial charge in [-0.3, -0.25) is 8.78 Å². The first kappa shape index (κ1) is 24.1. The number of pyridine rings is 2. The molecular weight excluding hydrogens is 595 g/mol. The molecule has 1 radical (unpaired) electrons. The zero-order valence-corrected chi connectivity index (χ0v) is 19.8. The number of rotatable bonds is 3. The molecule has 0 aliphatic heterocycles. The van der Waals surface area contributed by atoms with E-state index in [1.165, 1.54) is 0 Å². The minimum absolute atomic E-state index is 0. The van der Waals surface area contributed by atoms with Crippen LogP contribution in [0.5, 0.6) is 0 Å². The van der Waals surface area contributed by atoms with Crippen LogP contribution in [0.15, 0.2) is 109 Å². The minimum Gasteiger partial charge on any atom is -0.305 e. The van der Waals surface area contributed by atoms with Crippen molar-refractivity contribution in [2.24, 2.45) is 0 Å².